The number of aliphatic carboxylic acids is 1. The Hall–Kier alpha value is -1.43. The van der Waals surface area contributed by atoms with Crippen LogP contribution in [-0.4, -0.2) is 36.7 Å². The van der Waals surface area contributed by atoms with E-state index in [0.29, 0.717) is 19.4 Å². The van der Waals surface area contributed by atoms with Crippen LogP contribution < -0.4 is 11.5 Å². The minimum atomic E-state index is -0.927. The lowest BCUT2D eigenvalue weighted by Crippen LogP contribution is -2.18. The highest BCUT2D eigenvalue weighted by Gasteiger charge is 2.12. The van der Waals surface area contributed by atoms with Crippen LogP contribution in [0.25, 0.3) is 0 Å². The predicted molar refractivity (Wildman–Crippen MR) is 52.2 cm³/mol. The van der Waals surface area contributed by atoms with E-state index in [-0.39, 0.29) is 0 Å². The van der Waals surface area contributed by atoms with Gasteiger partial charge in [-0.15, -0.1) is 0 Å². The van der Waals surface area contributed by atoms with E-state index in [2.05, 4.69) is 17.4 Å². The van der Waals surface area contributed by atoms with Gasteiger partial charge in [0.25, 0.3) is 0 Å². The molecule has 0 aromatic rings. The largest absolute Gasteiger partial charge is 0.480 e. The second-order valence-electron chi connectivity index (χ2n) is 2.13. The SMILES string of the molecule is C=NC(CCCN)C(=O)O.N=CN. The Balaban J connectivity index is 0. The molecule has 0 heterocycles. The van der Waals surface area contributed by atoms with E-state index in [9.17, 15) is 4.79 Å². The van der Waals surface area contributed by atoms with Crippen LogP contribution in [0.3, 0.4) is 0 Å². The third kappa shape index (κ3) is 10.6. The number of nitrogens with zero attached hydrogens (tertiary/aromatic N) is 1. The van der Waals surface area contributed by atoms with Crippen molar-refractivity contribution in [1.82, 2.24) is 0 Å². The molecule has 76 valence electrons. The maximum atomic E-state index is 10.3. The van der Waals surface area contributed by atoms with Gasteiger partial charge in [0.2, 0.25) is 0 Å². The summed E-state index contributed by atoms with van der Waals surface area (Å²) in [5, 5.41) is 14.3. The number of aliphatic imine (C=N–C) groups is 1. The fraction of sp³-hybridized carbons (Fsp3) is 0.571. The smallest absolute Gasteiger partial charge is 0.328 e. The minimum Gasteiger partial charge on any atom is -0.480 e. The fourth-order valence-corrected chi connectivity index (χ4v) is 0.604. The van der Waals surface area contributed by atoms with Crippen LogP contribution in [0.5, 0.6) is 0 Å². The molecule has 1 atom stereocenters. The van der Waals surface area contributed by atoms with E-state index in [1.807, 2.05) is 0 Å². The Bertz CT molecular complexity index is 161. The molecule has 1 unspecified atom stereocenters. The summed E-state index contributed by atoms with van der Waals surface area (Å²) in [5.74, 6) is -0.927. The number of nitrogens with two attached hydrogens (primary N) is 2. The first-order valence-corrected chi connectivity index (χ1v) is 3.73. The van der Waals surface area contributed by atoms with Gasteiger partial charge in [0.1, 0.15) is 6.04 Å². The first-order valence-electron chi connectivity index (χ1n) is 3.73. The maximum absolute atomic E-state index is 10.3. The molecule has 0 rings (SSSR count). The first-order chi connectivity index (χ1) is 6.13. The minimum absolute atomic E-state index is 0.481. The van der Waals surface area contributed by atoms with Crippen molar-refractivity contribution >= 4 is 19.0 Å². The summed E-state index contributed by atoms with van der Waals surface area (Å²) < 4.78 is 0. The topological polar surface area (TPSA) is 126 Å². The highest BCUT2D eigenvalue weighted by Crippen LogP contribution is 1.99. The number of carboxylic acids is 1. The molecule has 6 nitrogen and oxygen atoms in total. The fourth-order valence-electron chi connectivity index (χ4n) is 0.604. The van der Waals surface area contributed by atoms with Crippen LogP contribution in [0.1, 0.15) is 12.8 Å². The van der Waals surface area contributed by atoms with Crippen molar-refractivity contribution in [1.29, 1.82) is 5.41 Å². The third-order valence-electron chi connectivity index (χ3n) is 1.19. The van der Waals surface area contributed by atoms with Gasteiger partial charge in [0, 0.05) is 0 Å². The molecule has 0 amide bonds. The van der Waals surface area contributed by atoms with Crippen LogP contribution in [0.4, 0.5) is 0 Å². The molecule has 0 spiro atoms. The number of hydrogen-bond donors (Lipinski definition) is 4. The predicted octanol–water partition coefficient (Wildman–Crippen LogP) is -0.569. The van der Waals surface area contributed by atoms with Gasteiger partial charge < -0.3 is 16.6 Å². The normalized spacial score (nSPS) is 10.5. The zero-order valence-corrected chi connectivity index (χ0v) is 7.44. The molecule has 0 saturated carbocycles. The molecule has 13 heavy (non-hydrogen) atoms. The highest BCUT2D eigenvalue weighted by molar-refractivity contribution is 5.74. The molecule has 0 aliphatic carbocycles. The molecular formula is C7H16N4O2. The lowest BCUT2D eigenvalue weighted by Gasteiger charge is -2.03. The van der Waals surface area contributed by atoms with E-state index in [4.69, 9.17) is 16.2 Å². The maximum Gasteiger partial charge on any atom is 0.328 e. The monoisotopic (exact) mass is 188 g/mol. The van der Waals surface area contributed by atoms with E-state index in [1.165, 1.54) is 0 Å². The van der Waals surface area contributed by atoms with Gasteiger partial charge in [-0.25, -0.2) is 4.79 Å². The van der Waals surface area contributed by atoms with Gasteiger partial charge in [-0.2, -0.15) is 0 Å². The Morgan fingerprint density at radius 1 is 1.77 bits per heavy atom. The third-order valence-corrected chi connectivity index (χ3v) is 1.19. The Morgan fingerprint density at radius 3 is 2.46 bits per heavy atom. The Morgan fingerprint density at radius 2 is 2.23 bits per heavy atom. The van der Waals surface area contributed by atoms with Crippen molar-refractivity contribution in [3.63, 3.8) is 0 Å². The number of nitrogens with one attached hydrogen (secondary N) is 1. The van der Waals surface area contributed by atoms with Crippen LogP contribution in [0.15, 0.2) is 4.99 Å². The molecule has 0 aliphatic rings. The van der Waals surface area contributed by atoms with Crippen molar-refractivity contribution in [3.8, 4) is 0 Å². The standard InChI is InChI=1S/C6H12N2O2.CH4N2/c1-8-5(6(9)10)3-2-4-7;2-1-3/h5H,1-4,7H2,(H,9,10);1H,(H3,2,3). The van der Waals surface area contributed by atoms with Gasteiger partial charge in [-0.05, 0) is 26.1 Å². The van der Waals surface area contributed by atoms with Gasteiger partial charge in [-0.3, -0.25) is 10.4 Å². The van der Waals surface area contributed by atoms with Crippen LogP contribution >= 0.6 is 0 Å². The zero-order chi connectivity index (χ0) is 10.7. The number of carboxylic acid groups (broad SMARTS) is 1. The quantitative estimate of drug-likeness (QED) is 0.340. The lowest BCUT2D eigenvalue weighted by molar-refractivity contribution is -0.138. The molecule has 6 N–H and O–H groups in total. The number of hydrogen-bond acceptors (Lipinski definition) is 4. The van der Waals surface area contributed by atoms with Crippen molar-refractivity contribution in [2.45, 2.75) is 18.9 Å². The molecular weight excluding hydrogens is 172 g/mol. The second-order valence-corrected chi connectivity index (χ2v) is 2.13. The van der Waals surface area contributed by atoms with Crippen molar-refractivity contribution < 1.29 is 9.90 Å². The van der Waals surface area contributed by atoms with Crippen molar-refractivity contribution in [2.75, 3.05) is 6.54 Å². The van der Waals surface area contributed by atoms with Crippen molar-refractivity contribution in [2.24, 2.45) is 16.5 Å². The summed E-state index contributed by atoms with van der Waals surface area (Å²) in [4.78, 5) is 13.7. The molecule has 0 radical (unpaired) electrons. The molecule has 0 saturated heterocycles. The zero-order valence-electron chi connectivity index (χ0n) is 7.44. The molecule has 0 aliphatic heterocycles. The van der Waals surface area contributed by atoms with Crippen LogP contribution in [-0.2, 0) is 4.79 Å². The van der Waals surface area contributed by atoms with Gasteiger partial charge >= 0.3 is 5.97 Å². The first kappa shape index (κ1) is 14.1. The van der Waals surface area contributed by atoms with E-state index in [1.54, 1.807) is 0 Å². The van der Waals surface area contributed by atoms with E-state index in [0.717, 1.165) is 6.34 Å². The summed E-state index contributed by atoms with van der Waals surface area (Å²) in [6.07, 6.45) is 1.91. The van der Waals surface area contributed by atoms with Gasteiger partial charge in [0.15, 0.2) is 0 Å². The van der Waals surface area contributed by atoms with Gasteiger partial charge in [0.05, 0.1) is 6.34 Å². The average Bonchev–Trinajstić information content (AvgIpc) is 2.06. The Labute approximate surface area is 77.2 Å². The van der Waals surface area contributed by atoms with Gasteiger partial charge in [-0.1, -0.05) is 0 Å². The van der Waals surface area contributed by atoms with Crippen LogP contribution in [0, 0.1) is 5.41 Å². The number of rotatable bonds is 5. The summed E-state index contributed by atoms with van der Waals surface area (Å²) in [6.45, 7) is 3.66. The van der Waals surface area contributed by atoms with E-state index < -0.39 is 12.0 Å². The molecule has 0 aromatic heterocycles. The second kappa shape index (κ2) is 10.6. The molecule has 6 heteroatoms. The lowest BCUT2D eigenvalue weighted by atomic mass is 10.2. The average molecular weight is 188 g/mol. The molecule has 0 bridgehead atoms. The summed E-state index contributed by atoms with van der Waals surface area (Å²) in [7, 11) is 0. The molecule has 0 fully saturated rings. The summed E-state index contributed by atoms with van der Waals surface area (Å²) >= 11 is 0. The Kier molecular flexibility index (Phi) is 11.5. The summed E-state index contributed by atoms with van der Waals surface area (Å²) in [6, 6.07) is -0.677. The van der Waals surface area contributed by atoms with Crippen LogP contribution in [0.2, 0.25) is 0 Å². The highest BCUT2D eigenvalue weighted by atomic mass is 16.4. The molecule has 0 aromatic carbocycles. The number of carbonyl (C=O) groups is 1. The van der Waals surface area contributed by atoms with Crippen molar-refractivity contribution in [3.05, 3.63) is 0 Å². The summed E-state index contributed by atoms with van der Waals surface area (Å²) in [5.41, 5.74) is 9.57. The van der Waals surface area contributed by atoms with E-state index >= 15 is 0 Å².